The van der Waals surface area contributed by atoms with Crippen molar-refractivity contribution in [3.05, 3.63) is 12.2 Å². The number of nitrogens with two attached hydrogens (primary N) is 1. The third-order valence-corrected chi connectivity index (χ3v) is 8.04. The number of carbonyl (C=O) groups is 5. The summed E-state index contributed by atoms with van der Waals surface area (Å²) >= 11 is 0. The normalized spacial score (nSPS) is 28.3. The number of fused-ring (bicyclic) bond motifs is 7. The monoisotopic (exact) mass is 543 g/mol. The molecule has 0 aromatic heterocycles. The first-order valence-electron chi connectivity index (χ1n) is 12.2. The molecule has 2 bridgehead atoms. The summed E-state index contributed by atoms with van der Waals surface area (Å²) in [6.07, 6.45) is 4.71. The van der Waals surface area contributed by atoms with Crippen molar-refractivity contribution in [2.75, 3.05) is 24.6 Å². The quantitative estimate of drug-likeness (QED) is 0.139. The molecule has 1 fully saturated rings. The van der Waals surface area contributed by atoms with Gasteiger partial charge in [-0.2, -0.15) is 0 Å². The highest BCUT2D eigenvalue weighted by atomic mass is 33.1. The molecular weight excluding hydrogens is 506 g/mol. The topological polar surface area (TPSA) is 169 Å². The van der Waals surface area contributed by atoms with Crippen LogP contribution in [0.2, 0.25) is 0 Å². The summed E-state index contributed by atoms with van der Waals surface area (Å²) in [5.74, 6) is -2.03. The molecular formula is C23H37N5O6S2. The first-order chi connectivity index (χ1) is 17.2. The van der Waals surface area contributed by atoms with Gasteiger partial charge in [0.2, 0.25) is 23.6 Å². The summed E-state index contributed by atoms with van der Waals surface area (Å²) in [7, 11) is 2.97. The number of hydrogen-bond donors (Lipinski definition) is 5. The average Bonchev–Trinajstić information content (AvgIpc) is 2.82. The number of carbonyl (C=O) groups excluding carboxylic acids is 5. The van der Waals surface area contributed by atoms with Crippen LogP contribution in [0, 0.1) is 5.92 Å². The van der Waals surface area contributed by atoms with Crippen LogP contribution in [0.5, 0.6) is 0 Å². The van der Waals surface area contributed by atoms with Crippen molar-refractivity contribution in [2.45, 2.75) is 70.2 Å². The fraction of sp³-hybridized carbons (Fsp3) is 0.696. The van der Waals surface area contributed by atoms with Crippen molar-refractivity contribution in [3.63, 3.8) is 0 Å². The van der Waals surface area contributed by atoms with Crippen LogP contribution in [-0.2, 0) is 28.7 Å². The van der Waals surface area contributed by atoms with Crippen LogP contribution in [0.4, 0.5) is 0 Å². The van der Waals surface area contributed by atoms with Gasteiger partial charge in [-0.15, -0.1) is 0 Å². The van der Waals surface area contributed by atoms with Gasteiger partial charge in [0.1, 0.15) is 30.8 Å². The van der Waals surface area contributed by atoms with Crippen LogP contribution in [-0.4, -0.2) is 78.4 Å². The van der Waals surface area contributed by atoms with E-state index in [1.54, 1.807) is 19.9 Å². The van der Waals surface area contributed by atoms with Gasteiger partial charge in [0.15, 0.2) is 0 Å². The highest BCUT2D eigenvalue weighted by Gasteiger charge is 2.32. The first-order valence-corrected chi connectivity index (χ1v) is 14.7. The van der Waals surface area contributed by atoms with Gasteiger partial charge in [0, 0.05) is 11.5 Å². The minimum atomic E-state index is -0.927. The predicted molar refractivity (Wildman–Crippen MR) is 140 cm³/mol. The zero-order valence-electron chi connectivity index (χ0n) is 20.7. The first kappa shape index (κ1) is 30.0. The maximum absolute atomic E-state index is 13.2. The molecule has 4 atom stereocenters. The largest absolute Gasteiger partial charge is 0.456 e. The van der Waals surface area contributed by atoms with Crippen LogP contribution in [0.25, 0.3) is 0 Å². The maximum Gasteiger partial charge on any atom is 0.326 e. The van der Waals surface area contributed by atoms with Gasteiger partial charge >= 0.3 is 5.97 Å². The second-order valence-electron chi connectivity index (χ2n) is 8.97. The summed E-state index contributed by atoms with van der Waals surface area (Å²) in [5, 5.41) is 10.7. The van der Waals surface area contributed by atoms with E-state index in [2.05, 4.69) is 21.3 Å². The Balaban J connectivity index is 2.42. The highest BCUT2D eigenvalue weighted by molar-refractivity contribution is 8.76. The molecule has 0 saturated carbocycles. The van der Waals surface area contributed by atoms with Crippen molar-refractivity contribution < 1.29 is 28.7 Å². The van der Waals surface area contributed by atoms with E-state index in [0.717, 1.165) is 0 Å². The second-order valence-corrected chi connectivity index (χ2v) is 11.6. The molecule has 2 rings (SSSR count). The molecule has 13 heteroatoms. The Morgan fingerprint density at radius 3 is 2.53 bits per heavy atom. The molecule has 1 saturated heterocycles. The standard InChI is InChI=1S/C23H37N5O6S2/c1-14(2)20-23(33)25-12-19(30)34-15-7-4-6-10-35-36-13-17(22(32)28-20)27-21(31)16(8-3-5-9-24)26-18(29)11-15/h4,7,14-17,20H,3,5-6,8-13,24H2,1-2H3,(H,25,33)(H,26,29)(H,27,31)(H,28,32)/b7-4+/t15-,16-,17+,20-/m1/s1. The van der Waals surface area contributed by atoms with Crippen molar-refractivity contribution in [3.8, 4) is 0 Å². The zero-order chi connectivity index (χ0) is 26.5. The predicted octanol–water partition coefficient (Wildman–Crippen LogP) is -0.00120. The van der Waals surface area contributed by atoms with E-state index in [9.17, 15) is 24.0 Å². The molecule has 0 aromatic rings. The number of amides is 4. The van der Waals surface area contributed by atoms with Crippen LogP contribution in [0.3, 0.4) is 0 Å². The summed E-state index contributed by atoms with van der Waals surface area (Å²) in [6, 6.07) is -2.73. The SMILES string of the molecule is CC(C)[C@H]1NC(=O)[C@@H]2CSSCC/C=C/[C@H](CC(=O)N[C@H](CCCCN)C(=O)N2)OC(=O)CNC1=O. The van der Waals surface area contributed by atoms with E-state index in [1.165, 1.54) is 21.6 Å². The Labute approximate surface area is 219 Å². The maximum atomic E-state index is 13.2. The molecule has 0 radical (unpaired) electrons. The lowest BCUT2D eigenvalue weighted by Crippen LogP contribution is -2.59. The molecule has 0 spiro atoms. The molecule has 0 aliphatic carbocycles. The number of unbranched alkanes of at least 4 members (excludes halogenated alkanes) is 1. The molecule has 6 N–H and O–H groups in total. The van der Waals surface area contributed by atoms with Gasteiger partial charge in [-0.3, -0.25) is 24.0 Å². The van der Waals surface area contributed by atoms with Crippen molar-refractivity contribution in [2.24, 2.45) is 11.7 Å². The second kappa shape index (κ2) is 15.8. The molecule has 202 valence electrons. The van der Waals surface area contributed by atoms with Gasteiger partial charge in [-0.1, -0.05) is 41.5 Å². The van der Waals surface area contributed by atoms with Crippen molar-refractivity contribution >= 4 is 51.2 Å². The Morgan fingerprint density at radius 1 is 1.03 bits per heavy atom. The van der Waals surface area contributed by atoms with Gasteiger partial charge in [-0.05, 0) is 44.2 Å². The number of hydrogen-bond acceptors (Lipinski definition) is 9. The number of esters is 1. The fourth-order valence-corrected chi connectivity index (χ4v) is 5.77. The third-order valence-electron chi connectivity index (χ3n) is 5.59. The Hall–Kier alpha value is -2.25. The van der Waals surface area contributed by atoms with E-state index in [1.807, 2.05) is 6.08 Å². The van der Waals surface area contributed by atoms with Gasteiger partial charge in [-0.25, -0.2) is 0 Å². The Bertz CT molecular complexity index is 825. The summed E-state index contributed by atoms with van der Waals surface area (Å²) in [6.45, 7) is 3.58. The smallest absolute Gasteiger partial charge is 0.326 e. The van der Waals surface area contributed by atoms with Crippen molar-refractivity contribution in [1.82, 2.24) is 21.3 Å². The fourth-order valence-electron chi connectivity index (χ4n) is 3.61. The Kier molecular flexibility index (Phi) is 13.1. The van der Waals surface area contributed by atoms with Crippen LogP contribution in [0.1, 0.15) is 46.0 Å². The van der Waals surface area contributed by atoms with Gasteiger partial charge in [0.25, 0.3) is 0 Å². The molecule has 2 heterocycles. The van der Waals surface area contributed by atoms with Crippen LogP contribution >= 0.6 is 21.6 Å². The van der Waals surface area contributed by atoms with Gasteiger partial charge in [0.05, 0.1) is 6.42 Å². The van der Waals surface area contributed by atoms with Crippen LogP contribution < -0.4 is 27.0 Å². The van der Waals surface area contributed by atoms with E-state index < -0.39 is 60.4 Å². The number of allylic oxidation sites excluding steroid dienone is 1. The minimum Gasteiger partial charge on any atom is -0.456 e. The number of ether oxygens (including phenoxy) is 1. The molecule has 2 aliphatic heterocycles. The lowest BCUT2D eigenvalue weighted by atomic mass is 10.0. The molecule has 4 amide bonds. The summed E-state index contributed by atoms with van der Waals surface area (Å²) in [4.78, 5) is 64.4. The summed E-state index contributed by atoms with van der Waals surface area (Å²) < 4.78 is 5.44. The number of rotatable bonds is 5. The van der Waals surface area contributed by atoms with Crippen LogP contribution in [0.15, 0.2) is 12.2 Å². The lowest BCUT2D eigenvalue weighted by Gasteiger charge is -2.27. The van der Waals surface area contributed by atoms with E-state index in [-0.39, 0.29) is 18.1 Å². The highest BCUT2D eigenvalue weighted by Crippen LogP contribution is 2.23. The lowest BCUT2D eigenvalue weighted by molar-refractivity contribution is -0.148. The molecule has 0 aromatic carbocycles. The van der Waals surface area contributed by atoms with E-state index in [0.29, 0.717) is 38.0 Å². The Morgan fingerprint density at radius 2 is 1.81 bits per heavy atom. The molecule has 11 nitrogen and oxygen atoms in total. The van der Waals surface area contributed by atoms with Crippen molar-refractivity contribution in [1.29, 1.82) is 0 Å². The van der Waals surface area contributed by atoms with E-state index >= 15 is 0 Å². The average molecular weight is 544 g/mol. The van der Waals surface area contributed by atoms with Gasteiger partial charge < -0.3 is 31.7 Å². The minimum absolute atomic E-state index is 0.183. The zero-order valence-corrected chi connectivity index (χ0v) is 22.4. The third kappa shape index (κ3) is 10.4. The molecule has 2 aliphatic rings. The number of nitrogens with one attached hydrogen (secondary N) is 4. The van der Waals surface area contributed by atoms with E-state index in [4.69, 9.17) is 10.5 Å². The molecule has 0 unspecified atom stereocenters. The summed E-state index contributed by atoms with van der Waals surface area (Å²) in [5.41, 5.74) is 5.58. The molecule has 36 heavy (non-hydrogen) atoms.